The monoisotopic (exact) mass is 268 g/mol. The van der Waals surface area contributed by atoms with E-state index in [0.717, 1.165) is 31.9 Å². The lowest BCUT2D eigenvalue weighted by Crippen LogP contribution is -2.47. The first-order valence-corrected chi connectivity index (χ1v) is 6.43. The highest BCUT2D eigenvalue weighted by Gasteiger charge is 2.17. The van der Waals surface area contributed by atoms with Gasteiger partial charge in [0, 0.05) is 37.9 Å². The van der Waals surface area contributed by atoms with Gasteiger partial charge in [0.15, 0.2) is 0 Å². The molecule has 0 bridgehead atoms. The number of thiol groups is 1. The molecule has 0 radical (unpaired) electrons. The first-order chi connectivity index (χ1) is 8.20. The second kappa shape index (κ2) is 5.60. The summed E-state index contributed by atoms with van der Waals surface area (Å²) in [7, 11) is 1.69. The summed E-state index contributed by atoms with van der Waals surface area (Å²) < 4.78 is 5.93. The molecule has 0 aliphatic carbocycles. The Kier molecular flexibility index (Phi) is 4.12. The molecule has 1 fully saturated rings. The normalized spacial score (nSPS) is 15.9. The van der Waals surface area contributed by atoms with Crippen LogP contribution in [0.5, 0.6) is 5.75 Å². The van der Waals surface area contributed by atoms with E-state index in [0.29, 0.717) is 4.32 Å². The molecular formula is C12H16N2OS2. The maximum atomic E-state index is 5.23. The minimum atomic E-state index is 0.690. The molecule has 17 heavy (non-hydrogen) atoms. The van der Waals surface area contributed by atoms with Crippen LogP contribution in [0.1, 0.15) is 0 Å². The standard InChI is InChI=1S/C12H16N2OS2/c1-15-11-4-2-3-10(9-11)13-5-7-14(8-6-13)12(16)17/h2-4,9H,5-8H2,1H3,(H,16,17). The zero-order valence-electron chi connectivity index (χ0n) is 9.80. The number of ether oxygens (including phenoxy) is 1. The van der Waals surface area contributed by atoms with Gasteiger partial charge in [-0.2, -0.15) is 0 Å². The number of methoxy groups -OCH3 is 1. The molecule has 1 aromatic rings. The third kappa shape index (κ3) is 3.04. The Labute approximate surface area is 113 Å². The number of piperazine rings is 1. The Morgan fingerprint density at radius 3 is 2.59 bits per heavy atom. The van der Waals surface area contributed by atoms with Crippen LogP contribution in [0.15, 0.2) is 24.3 Å². The molecule has 1 saturated heterocycles. The van der Waals surface area contributed by atoms with Crippen molar-refractivity contribution in [3.05, 3.63) is 24.3 Å². The van der Waals surface area contributed by atoms with Crippen molar-refractivity contribution in [2.24, 2.45) is 0 Å². The first kappa shape index (κ1) is 12.5. The van der Waals surface area contributed by atoms with Crippen LogP contribution < -0.4 is 9.64 Å². The summed E-state index contributed by atoms with van der Waals surface area (Å²) in [6.07, 6.45) is 0. The summed E-state index contributed by atoms with van der Waals surface area (Å²) in [6.45, 7) is 3.79. The summed E-state index contributed by atoms with van der Waals surface area (Å²) in [4.78, 5) is 4.46. The zero-order chi connectivity index (χ0) is 12.3. The van der Waals surface area contributed by atoms with Crippen molar-refractivity contribution in [2.45, 2.75) is 0 Å². The number of rotatable bonds is 2. The highest BCUT2D eigenvalue weighted by molar-refractivity contribution is 8.10. The predicted octanol–water partition coefficient (Wildman–Crippen LogP) is 2.03. The molecule has 0 aromatic heterocycles. The van der Waals surface area contributed by atoms with E-state index in [9.17, 15) is 0 Å². The molecule has 0 atom stereocenters. The third-order valence-corrected chi connectivity index (χ3v) is 3.51. The lowest BCUT2D eigenvalue weighted by molar-refractivity contribution is 0.396. The Balaban J connectivity index is 2.02. The molecule has 5 heteroatoms. The van der Waals surface area contributed by atoms with Crippen LogP contribution in [-0.2, 0) is 0 Å². The minimum Gasteiger partial charge on any atom is -0.497 e. The molecule has 0 N–H and O–H groups in total. The van der Waals surface area contributed by atoms with Gasteiger partial charge in [-0.05, 0) is 12.1 Å². The van der Waals surface area contributed by atoms with Gasteiger partial charge in [-0.1, -0.05) is 18.3 Å². The van der Waals surface area contributed by atoms with Crippen molar-refractivity contribution in [2.75, 3.05) is 38.2 Å². The van der Waals surface area contributed by atoms with Crippen LogP contribution in [-0.4, -0.2) is 42.5 Å². The largest absolute Gasteiger partial charge is 0.497 e. The summed E-state index contributed by atoms with van der Waals surface area (Å²) >= 11 is 9.27. The van der Waals surface area contributed by atoms with E-state index < -0.39 is 0 Å². The zero-order valence-corrected chi connectivity index (χ0v) is 11.5. The fraction of sp³-hybridized carbons (Fsp3) is 0.417. The maximum absolute atomic E-state index is 5.23. The summed E-state index contributed by atoms with van der Waals surface area (Å²) in [6, 6.07) is 8.15. The SMILES string of the molecule is COc1cccc(N2CCN(C(=S)S)CC2)c1. The molecule has 0 spiro atoms. The van der Waals surface area contributed by atoms with Crippen molar-refractivity contribution in [3.63, 3.8) is 0 Å². The maximum Gasteiger partial charge on any atom is 0.133 e. The molecule has 1 aliphatic heterocycles. The van der Waals surface area contributed by atoms with Gasteiger partial charge >= 0.3 is 0 Å². The van der Waals surface area contributed by atoms with E-state index >= 15 is 0 Å². The van der Waals surface area contributed by atoms with Crippen LogP contribution >= 0.6 is 24.8 Å². The molecule has 1 heterocycles. The van der Waals surface area contributed by atoms with Crippen LogP contribution in [0.4, 0.5) is 5.69 Å². The molecule has 3 nitrogen and oxygen atoms in total. The summed E-state index contributed by atoms with van der Waals surface area (Å²) in [5.74, 6) is 0.898. The molecule has 0 unspecified atom stereocenters. The number of hydrogen-bond donors (Lipinski definition) is 1. The lowest BCUT2D eigenvalue weighted by Gasteiger charge is -2.36. The van der Waals surface area contributed by atoms with E-state index in [2.05, 4.69) is 34.6 Å². The first-order valence-electron chi connectivity index (χ1n) is 5.57. The van der Waals surface area contributed by atoms with E-state index in [-0.39, 0.29) is 0 Å². The predicted molar refractivity (Wildman–Crippen MR) is 78.4 cm³/mol. The van der Waals surface area contributed by atoms with E-state index in [4.69, 9.17) is 17.0 Å². The second-order valence-electron chi connectivity index (χ2n) is 3.96. The van der Waals surface area contributed by atoms with Crippen molar-refractivity contribution < 1.29 is 4.74 Å². The Bertz CT molecular complexity index is 403. The van der Waals surface area contributed by atoms with E-state index in [1.54, 1.807) is 7.11 Å². The van der Waals surface area contributed by atoms with Crippen LogP contribution in [0, 0.1) is 0 Å². The topological polar surface area (TPSA) is 15.7 Å². The van der Waals surface area contributed by atoms with Gasteiger partial charge in [0.05, 0.1) is 7.11 Å². The van der Waals surface area contributed by atoms with Crippen molar-refractivity contribution in [1.82, 2.24) is 4.90 Å². The minimum absolute atomic E-state index is 0.690. The van der Waals surface area contributed by atoms with Gasteiger partial charge < -0.3 is 14.5 Å². The quantitative estimate of drug-likeness (QED) is 0.652. The molecule has 2 rings (SSSR count). The molecule has 0 saturated carbocycles. The summed E-state index contributed by atoms with van der Waals surface area (Å²) in [5.41, 5.74) is 1.20. The average molecular weight is 268 g/mol. The van der Waals surface area contributed by atoms with Crippen molar-refractivity contribution in [3.8, 4) is 5.75 Å². The summed E-state index contributed by atoms with van der Waals surface area (Å²) in [5, 5.41) is 0. The Morgan fingerprint density at radius 2 is 2.00 bits per heavy atom. The fourth-order valence-electron chi connectivity index (χ4n) is 1.96. The van der Waals surface area contributed by atoms with Crippen LogP contribution in [0.25, 0.3) is 0 Å². The lowest BCUT2D eigenvalue weighted by atomic mass is 10.2. The van der Waals surface area contributed by atoms with Crippen LogP contribution in [0.3, 0.4) is 0 Å². The fourth-order valence-corrected chi connectivity index (χ4v) is 2.35. The van der Waals surface area contributed by atoms with Gasteiger partial charge in [0.1, 0.15) is 10.1 Å². The van der Waals surface area contributed by atoms with E-state index in [1.165, 1.54) is 5.69 Å². The van der Waals surface area contributed by atoms with Gasteiger partial charge in [0.25, 0.3) is 0 Å². The smallest absolute Gasteiger partial charge is 0.133 e. The Morgan fingerprint density at radius 1 is 1.29 bits per heavy atom. The van der Waals surface area contributed by atoms with Gasteiger partial charge in [-0.25, -0.2) is 0 Å². The van der Waals surface area contributed by atoms with Crippen molar-refractivity contribution >= 4 is 34.9 Å². The number of anilines is 1. The number of nitrogens with zero attached hydrogens (tertiary/aromatic N) is 2. The second-order valence-corrected chi connectivity index (χ2v) is 5.07. The average Bonchev–Trinajstić information content (AvgIpc) is 2.39. The van der Waals surface area contributed by atoms with Gasteiger partial charge in [-0.15, -0.1) is 12.6 Å². The van der Waals surface area contributed by atoms with Gasteiger partial charge in [0.2, 0.25) is 0 Å². The molecule has 92 valence electrons. The molecule has 1 aliphatic rings. The molecule has 0 amide bonds. The molecular weight excluding hydrogens is 252 g/mol. The highest BCUT2D eigenvalue weighted by Crippen LogP contribution is 2.22. The van der Waals surface area contributed by atoms with E-state index in [1.807, 2.05) is 12.1 Å². The highest BCUT2D eigenvalue weighted by atomic mass is 32.1. The third-order valence-electron chi connectivity index (χ3n) is 2.97. The number of hydrogen-bond acceptors (Lipinski definition) is 3. The van der Waals surface area contributed by atoms with Gasteiger partial charge in [-0.3, -0.25) is 0 Å². The number of benzene rings is 1. The number of thiocarbonyl (C=S) groups is 1. The molecule has 1 aromatic carbocycles. The van der Waals surface area contributed by atoms with Crippen LogP contribution in [0.2, 0.25) is 0 Å². The Hall–Kier alpha value is -0.940. The van der Waals surface area contributed by atoms with Crippen molar-refractivity contribution in [1.29, 1.82) is 0 Å².